The maximum absolute atomic E-state index is 5.77. The summed E-state index contributed by atoms with van der Waals surface area (Å²) in [5.41, 5.74) is 10.9. The highest BCUT2D eigenvalue weighted by Gasteiger charge is 2.26. The Balaban J connectivity index is 2.13. The van der Waals surface area contributed by atoms with Crippen LogP contribution in [0, 0.1) is 6.92 Å². The van der Waals surface area contributed by atoms with Crippen LogP contribution >= 0.6 is 0 Å². The van der Waals surface area contributed by atoms with E-state index in [0.717, 1.165) is 22.5 Å². The summed E-state index contributed by atoms with van der Waals surface area (Å²) in [6.07, 6.45) is 0. The Hall–Kier alpha value is -2.29. The number of rotatable bonds is 2. The van der Waals surface area contributed by atoms with E-state index in [0.29, 0.717) is 0 Å². The van der Waals surface area contributed by atoms with Crippen molar-refractivity contribution in [2.75, 3.05) is 5.73 Å². The second-order valence-electron chi connectivity index (χ2n) is 5.80. The van der Waals surface area contributed by atoms with Gasteiger partial charge in [-0.1, -0.05) is 24.3 Å². The highest BCUT2D eigenvalue weighted by Crippen LogP contribution is 2.31. The topological polar surface area (TPSA) is 54.7 Å². The molecule has 20 heavy (non-hydrogen) atoms. The van der Waals surface area contributed by atoms with Crippen LogP contribution in [0.4, 0.5) is 5.69 Å². The lowest BCUT2D eigenvalue weighted by molar-refractivity contribution is 0.601. The van der Waals surface area contributed by atoms with Crippen LogP contribution in [0.5, 0.6) is 0 Å². The number of fused-ring (bicyclic) bond motifs is 1. The number of imidazole rings is 1. The van der Waals surface area contributed by atoms with E-state index in [1.807, 2.05) is 12.1 Å². The van der Waals surface area contributed by atoms with Crippen molar-refractivity contribution in [3.63, 3.8) is 0 Å². The summed E-state index contributed by atoms with van der Waals surface area (Å²) in [7, 11) is 0. The Kier molecular flexibility index (Phi) is 2.78. The van der Waals surface area contributed by atoms with E-state index >= 15 is 0 Å². The molecule has 1 aromatic heterocycles. The molecule has 0 bridgehead atoms. The Morgan fingerprint density at radius 2 is 1.75 bits per heavy atom. The second-order valence-corrected chi connectivity index (χ2v) is 5.80. The summed E-state index contributed by atoms with van der Waals surface area (Å²) >= 11 is 0. The van der Waals surface area contributed by atoms with Crippen molar-refractivity contribution in [3.05, 3.63) is 59.4 Å². The SMILES string of the molecule is Cc1cccc2[nH]c(C(C)(C)c3ccc(N)cc3)nc12. The third kappa shape index (κ3) is 1.95. The third-order valence-corrected chi connectivity index (χ3v) is 3.94. The first-order chi connectivity index (χ1) is 9.48. The molecule has 1 heterocycles. The average molecular weight is 265 g/mol. The highest BCUT2D eigenvalue weighted by atomic mass is 14.9. The largest absolute Gasteiger partial charge is 0.399 e. The number of nitrogens with two attached hydrogens (primary N) is 1. The van der Waals surface area contributed by atoms with Crippen molar-refractivity contribution < 1.29 is 0 Å². The lowest BCUT2D eigenvalue weighted by Gasteiger charge is -2.22. The predicted molar refractivity (Wildman–Crippen MR) is 83.8 cm³/mol. The molecule has 0 aliphatic carbocycles. The van der Waals surface area contributed by atoms with Crippen LogP contribution in [0.2, 0.25) is 0 Å². The second kappa shape index (κ2) is 4.37. The number of aromatic amines is 1. The number of nitrogens with zero attached hydrogens (tertiary/aromatic N) is 1. The predicted octanol–water partition coefficient (Wildman–Crippen LogP) is 3.78. The van der Waals surface area contributed by atoms with Gasteiger partial charge in [0.15, 0.2) is 0 Å². The number of nitrogens with one attached hydrogen (secondary N) is 1. The van der Waals surface area contributed by atoms with Crippen molar-refractivity contribution in [2.24, 2.45) is 0 Å². The van der Waals surface area contributed by atoms with Crippen LogP contribution in [0.25, 0.3) is 11.0 Å². The van der Waals surface area contributed by atoms with Crippen LogP contribution < -0.4 is 5.73 Å². The van der Waals surface area contributed by atoms with Crippen LogP contribution in [0.1, 0.15) is 30.8 Å². The van der Waals surface area contributed by atoms with Gasteiger partial charge < -0.3 is 10.7 Å². The summed E-state index contributed by atoms with van der Waals surface area (Å²) in [6, 6.07) is 14.2. The monoisotopic (exact) mass is 265 g/mol. The molecule has 102 valence electrons. The Morgan fingerprint density at radius 3 is 2.40 bits per heavy atom. The number of aromatic nitrogens is 2. The van der Waals surface area contributed by atoms with Crippen molar-refractivity contribution in [1.29, 1.82) is 0 Å². The lowest BCUT2D eigenvalue weighted by atomic mass is 9.84. The summed E-state index contributed by atoms with van der Waals surface area (Å²) in [5, 5.41) is 0. The number of hydrogen-bond acceptors (Lipinski definition) is 2. The van der Waals surface area contributed by atoms with E-state index in [4.69, 9.17) is 10.7 Å². The molecule has 0 aliphatic rings. The van der Waals surface area contributed by atoms with Gasteiger partial charge in [0.25, 0.3) is 0 Å². The number of aryl methyl sites for hydroxylation is 1. The third-order valence-electron chi connectivity index (χ3n) is 3.94. The summed E-state index contributed by atoms with van der Waals surface area (Å²) in [6.45, 7) is 6.43. The van der Waals surface area contributed by atoms with Crippen molar-refractivity contribution in [1.82, 2.24) is 9.97 Å². The molecule has 0 fully saturated rings. The normalized spacial score (nSPS) is 11.9. The van der Waals surface area contributed by atoms with E-state index < -0.39 is 0 Å². The molecule has 3 rings (SSSR count). The van der Waals surface area contributed by atoms with Gasteiger partial charge in [-0.3, -0.25) is 0 Å². The number of nitrogen functional groups attached to an aromatic ring is 1. The first-order valence-electron chi connectivity index (χ1n) is 6.80. The van der Waals surface area contributed by atoms with Crippen LogP contribution in [0.15, 0.2) is 42.5 Å². The molecule has 3 nitrogen and oxygen atoms in total. The Labute approximate surface area is 118 Å². The van der Waals surface area contributed by atoms with Gasteiger partial charge in [0.1, 0.15) is 5.82 Å². The van der Waals surface area contributed by atoms with E-state index in [9.17, 15) is 0 Å². The average Bonchev–Trinajstić information content (AvgIpc) is 2.85. The Bertz CT molecular complexity index is 752. The van der Waals surface area contributed by atoms with Crippen molar-refractivity contribution >= 4 is 16.7 Å². The van der Waals surface area contributed by atoms with Crippen LogP contribution in [0.3, 0.4) is 0 Å². The number of hydrogen-bond donors (Lipinski definition) is 2. The molecule has 3 aromatic rings. The summed E-state index contributed by atoms with van der Waals surface area (Å²) in [4.78, 5) is 8.24. The zero-order valence-corrected chi connectivity index (χ0v) is 12.1. The smallest absolute Gasteiger partial charge is 0.117 e. The minimum Gasteiger partial charge on any atom is -0.399 e. The van der Waals surface area contributed by atoms with Gasteiger partial charge in [-0.05, 0) is 50.1 Å². The van der Waals surface area contributed by atoms with Crippen LogP contribution in [-0.2, 0) is 5.41 Å². The molecular formula is C17H19N3. The zero-order valence-electron chi connectivity index (χ0n) is 12.1. The van der Waals surface area contributed by atoms with Gasteiger partial charge in [-0.25, -0.2) is 4.98 Å². The highest BCUT2D eigenvalue weighted by molar-refractivity contribution is 5.78. The first-order valence-corrected chi connectivity index (χ1v) is 6.80. The zero-order chi connectivity index (χ0) is 14.3. The van der Waals surface area contributed by atoms with Gasteiger partial charge in [0.05, 0.1) is 11.0 Å². The van der Waals surface area contributed by atoms with Gasteiger partial charge in [0, 0.05) is 11.1 Å². The van der Waals surface area contributed by atoms with Crippen molar-refractivity contribution in [2.45, 2.75) is 26.2 Å². The fourth-order valence-corrected chi connectivity index (χ4v) is 2.51. The molecule has 0 amide bonds. The number of para-hydroxylation sites is 1. The molecule has 0 saturated heterocycles. The summed E-state index contributed by atoms with van der Waals surface area (Å²) < 4.78 is 0. The molecule has 0 saturated carbocycles. The number of anilines is 1. The minimum absolute atomic E-state index is 0.181. The minimum atomic E-state index is -0.181. The fraction of sp³-hybridized carbons (Fsp3) is 0.235. The van der Waals surface area contributed by atoms with E-state index in [1.165, 1.54) is 11.1 Å². The molecule has 2 aromatic carbocycles. The molecule has 0 unspecified atom stereocenters. The number of H-pyrrole nitrogens is 1. The lowest BCUT2D eigenvalue weighted by Crippen LogP contribution is -2.20. The van der Waals surface area contributed by atoms with Gasteiger partial charge in [-0.15, -0.1) is 0 Å². The molecule has 3 N–H and O–H groups in total. The molecule has 0 radical (unpaired) electrons. The maximum Gasteiger partial charge on any atom is 0.117 e. The standard InChI is InChI=1S/C17H19N3/c1-11-5-4-6-14-15(11)20-16(19-14)17(2,3)12-7-9-13(18)10-8-12/h4-10H,18H2,1-3H3,(H,19,20). The summed E-state index contributed by atoms with van der Waals surface area (Å²) in [5.74, 6) is 0.978. The van der Waals surface area contributed by atoms with E-state index in [1.54, 1.807) is 0 Å². The molecule has 0 atom stereocenters. The van der Waals surface area contributed by atoms with E-state index in [2.05, 4.69) is 56.1 Å². The van der Waals surface area contributed by atoms with Gasteiger partial charge in [0.2, 0.25) is 0 Å². The van der Waals surface area contributed by atoms with Gasteiger partial charge >= 0.3 is 0 Å². The van der Waals surface area contributed by atoms with Crippen molar-refractivity contribution in [3.8, 4) is 0 Å². The maximum atomic E-state index is 5.77. The molecule has 0 aliphatic heterocycles. The van der Waals surface area contributed by atoms with Gasteiger partial charge in [-0.2, -0.15) is 0 Å². The fourth-order valence-electron chi connectivity index (χ4n) is 2.51. The molecule has 0 spiro atoms. The quantitative estimate of drug-likeness (QED) is 0.693. The Morgan fingerprint density at radius 1 is 1.05 bits per heavy atom. The van der Waals surface area contributed by atoms with Crippen LogP contribution in [-0.4, -0.2) is 9.97 Å². The van der Waals surface area contributed by atoms with E-state index in [-0.39, 0.29) is 5.41 Å². The molecular weight excluding hydrogens is 246 g/mol. The first kappa shape index (κ1) is 12.7. The molecule has 3 heteroatoms. The number of benzene rings is 2.